The molecule has 6 heteroatoms. The molecule has 0 aliphatic carbocycles. The fourth-order valence-corrected chi connectivity index (χ4v) is 3.19. The van der Waals surface area contributed by atoms with E-state index in [9.17, 15) is 14.7 Å². The van der Waals surface area contributed by atoms with Gasteiger partial charge in [-0.25, -0.2) is 4.79 Å². The summed E-state index contributed by atoms with van der Waals surface area (Å²) in [5.41, 5.74) is 3.46. The van der Waals surface area contributed by atoms with E-state index in [4.69, 9.17) is 4.74 Å². The van der Waals surface area contributed by atoms with Crippen LogP contribution in [-0.2, 0) is 4.74 Å². The Hall–Kier alpha value is -2.86. The van der Waals surface area contributed by atoms with Crippen LogP contribution >= 0.6 is 15.9 Å². The quantitative estimate of drug-likeness (QED) is 0.477. The van der Waals surface area contributed by atoms with E-state index in [-0.39, 0.29) is 23.7 Å². The Bertz CT molecular complexity index is 988. The smallest absolute Gasteiger partial charge is 0.338 e. The molecule has 0 saturated carbocycles. The Labute approximate surface area is 165 Å². The third-order valence-electron chi connectivity index (χ3n) is 4.25. The van der Waals surface area contributed by atoms with Gasteiger partial charge >= 0.3 is 5.97 Å². The summed E-state index contributed by atoms with van der Waals surface area (Å²) in [5, 5.41) is 9.26. The Kier molecular flexibility index (Phi) is 5.46. The summed E-state index contributed by atoms with van der Waals surface area (Å²) in [5.74, 6) is -0.813. The second-order valence-electron chi connectivity index (χ2n) is 6.14. The molecule has 3 aromatic rings. The highest BCUT2D eigenvalue weighted by molar-refractivity contribution is 9.10. The number of carbonyl (C=O) groups is 2. The van der Waals surface area contributed by atoms with E-state index in [1.54, 1.807) is 6.07 Å². The number of aromatic nitrogens is 1. The molecule has 0 unspecified atom stereocenters. The van der Waals surface area contributed by atoms with E-state index in [2.05, 4.69) is 15.9 Å². The van der Waals surface area contributed by atoms with Crippen molar-refractivity contribution in [2.24, 2.45) is 0 Å². The lowest BCUT2D eigenvalue weighted by Crippen LogP contribution is -2.15. The van der Waals surface area contributed by atoms with Crippen LogP contribution in [0.2, 0.25) is 0 Å². The maximum atomic E-state index is 12.6. The molecule has 0 saturated heterocycles. The molecule has 1 aromatic heterocycles. The SMILES string of the molecule is Cc1cc(C(=O)COC(=O)c2ccc(O)cc2)c(C)n1-c1ccc(Br)cc1. The predicted octanol–water partition coefficient (Wildman–Crippen LogP) is 4.60. The van der Waals surface area contributed by atoms with Crippen LogP contribution in [-0.4, -0.2) is 28.0 Å². The third kappa shape index (κ3) is 4.11. The number of Topliss-reactive ketones (excluding diaryl/α,β-unsaturated/α-hetero) is 1. The topological polar surface area (TPSA) is 68.5 Å². The van der Waals surface area contributed by atoms with Crippen LogP contribution < -0.4 is 0 Å². The summed E-state index contributed by atoms with van der Waals surface area (Å²) in [7, 11) is 0. The second-order valence-corrected chi connectivity index (χ2v) is 7.06. The molecule has 0 aliphatic heterocycles. The molecule has 0 radical (unpaired) electrons. The first-order valence-electron chi connectivity index (χ1n) is 8.31. The van der Waals surface area contributed by atoms with Gasteiger partial charge in [-0.3, -0.25) is 4.79 Å². The summed E-state index contributed by atoms with van der Waals surface area (Å²) in [6.07, 6.45) is 0. The number of hydrogen-bond acceptors (Lipinski definition) is 4. The number of phenolic OH excluding ortho intramolecular Hbond substituents is 1. The first-order chi connectivity index (χ1) is 12.9. The van der Waals surface area contributed by atoms with Crippen LogP contribution in [0.4, 0.5) is 0 Å². The molecule has 1 N–H and O–H groups in total. The van der Waals surface area contributed by atoms with Gasteiger partial charge in [0.05, 0.1) is 5.56 Å². The lowest BCUT2D eigenvalue weighted by atomic mass is 10.1. The fourth-order valence-electron chi connectivity index (χ4n) is 2.92. The normalized spacial score (nSPS) is 10.6. The van der Waals surface area contributed by atoms with Crippen molar-refractivity contribution in [2.75, 3.05) is 6.61 Å². The number of halogens is 1. The Morgan fingerprint density at radius 1 is 1.04 bits per heavy atom. The summed E-state index contributed by atoms with van der Waals surface area (Å²) in [6.45, 7) is 3.45. The molecule has 27 heavy (non-hydrogen) atoms. The molecular formula is C21H18BrNO4. The van der Waals surface area contributed by atoms with Crippen LogP contribution in [0.1, 0.15) is 32.1 Å². The molecular weight excluding hydrogens is 410 g/mol. The minimum absolute atomic E-state index is 0.0583. The number of aryl methyl sites for hydroxylation is 1. The molecule has 5 nitrogen and oxygen atoms in total. The molecule has 0 bridgehead atoms. The summed E-state index contributed by atoms with van der Waals surface area (Å²) in [4.78, 5) is 24.6. The maximum Gasteiger partial charge on any atom is 0.338 e. The number of ketones is 1. The Balaban J connectivity index is 1.75. The van der Waals surface area contributed by atoms with Crippen LogP contribution in [0.5, 0.6) is 5.75 Å². The number of ether oxygens (including phenoxy) is 1. The summed E-state index contributed by atoms with van der Waals surface area (Å²) < 4.78 is 8.09. The number of esters is 1. The highest BCUT2D eigenvalue weighted by atomic mass is 79.9. The first-order valence-corrected chi connectivity index (χ1v) is 9.10. The van der Waals surface area contributed by atoms with Crippen LogP contribution in [0.3, 0.4) is 0 Å². The van der Waals surface area contributed by atoms with Crippen LogP contribution in [0.25, 0.3) is 5.69 Å². The molecule has 3 rings (SSSR count). The number of benzene rings is 2. The number of rotatable bonds is 5. The van der Waals surface area contributed by atoms with Crippen molar-refractivity contribution in [1.82, 2.24) is 4.57 Å². The van der Waals surface area contributed by atoms with Gasteiger partial charge in [0.25, 0.3) is 0 Å². The van der Waals surface area contributed by atoms with Gasteiger partial charge in [-0.1, -0.05) is 15.9 Å². The van der Waals surface area contributed by atoms with Crippen molar-refractivity contribution >= 4 is 27.7 Å². The number of nitrogens with zero attached hydrogens (tertiary/aromatic N) is 1. The standard InChI is InChI=1S/C21H18BrNO4/c1-13-11-19(14(2)23(13)17-7-5-16(22)6-8-17)20(25)12-27-21(26)15-3-9-18(24)10-4-15/h3-11,24H,12H2,1-2H3. The number of aromatic hydroxyl groups is 1. The van der Waals surface area contributed by atoms with Crippen molar-refractivity contribution in [3.8, 4) is 11.4 Å². The maximum absolute atomic E-state index is 12.6. The van der Waals surface area contributed by atoms with E-state index in [0.29, 0.717) is 5.56 Å². The van der Waals surface area contributed by atoms with E-state index >= 15 is 0 Å². The van der Waals surface area contributed by atoms with Gasteiger partial charge in [0, 0.05) is 27.1 Å². The average Bonchev–Trinajstić information content (AvgIpc) is 2.95. The average molecular weight is 428 g/mol. The van der Waals surface area contributed by atoms with Gasteiger partial charge in [-0.2, -0.15) is 0 Å². The number of carbonyl (C=O) groups excluding carboxylic acids is 2. The summed E-state index contributed by atoms with van der Waals surface area (Å²) in [6, 6.07) is 15.3. The highest BCUT2D eigenvalue weighted by Crippen LogP contribution is 2.23. The van der Waals surface area contributed by atoms with E-state index < -0.39 is 5.97 Å². The van der Waals surface area contributed by atoms with Gasteiger partial charge in [0.15, 0.2) is 6.61 Å². The zero-order valence-corrected chi connectivity index (χ0v) is 16.5. The van der Waals surface area contributed by atoms with E-state index in [0.717, 1.165) is 21.5 Å². The zero-order chi connectivity index (χ0) is 19.6. The van der Waals surface area contributed by atoms with Gasteiger partial charge < -0.3 is 14.4 Å². The predicted molar refractivity (Wildman–Crippen MR) is 106 cm³/mol. The van der Waals surface area contributed by atoms with Gasteiger partial charge in [0.1, 0.15) is 5.75 Å². The molecule has 0 aliphatic rings. The second kappa shape index (κ2) is 7.80. The molecule has 0 atom stereocenters. The molecule has 0 spiro atoms. The minimum Gasteiger partial charge on any atom is -0.508 e. The van der Waals surface area contributed by atoms with Gasteiger partial charge in [-0.15, -0.1) is 0 Å². The van der Waals surface area contributed by atoms with E-state index in [1.807, 2.05) is 42.7 Å². The summed E-state index contributed by atoms with van der Waals surface area (Å²) >= 11 is 3.41. The van der Waals surface area contributed by atoms with Crippen molar-refractivity contribution in [1.29, 1.82) is 0 Å². The number of phenols is 1. The minimum atomic E-state index is -0.606. The lowest BCUT2D eigenvalue weighted by Gasteiger charge is -2.10. The van der Waals surface area contributed by atoms with Crippen molar-refractivity contribution < 1.29 is 19.4 Å². The van der Waals surface area contributed by atoms with E-state index in [1.165, 1.54) is 24.3 Å². The number of hydrogen-bond donors (Lipinski definition) is 1. The third-order valence-corrected chi connectivity index (χ3v) is 4.78. The fraction of sp³-hybridized carbons (Fsp3) is 0.143. The Morgan fingerprint density at radius 2 is 1.67 bits per heavy atom. The molecule has 0 amide bonds. The molecule has 138 valence electrons. The largest absolute Gasteiger partial charge is 0.508 e. The van der Waals surface area contributed by atoms with Crippen LogP contribution in [0, 0.1) is 13.8 Å². The monoisotopic (exact) mass is 427 g/mol. The van der Waals surface area contributed by atoms with Crippen molar-refractivity contribution in [2.45, 2.75) is 13.8 Å². The first kappa shape index (κ1) is 18.9. The van der Waals surface area contributed by atoms with Crippen LogP contribution in [0.15, 0.2) is 59.1 Å². The highest BCUT2D eigenvalue weighted by Gasteiger charge is 2.18. The van der Waals surface area contributed by atoms with Gasteiger partial charge in [0.2, 0.25) is 5.78 Å². The van der Waals surface area contributed by atoms with Crippen molar-refractivity contribution in [3.05, 3.63) is 81.6 Å². The lowest BCUT2D eigenvalue weighted by molar-refractivity contribution is 0.0474. The van der Waals surface area contributed by atoms with Gasteiger partial charge in [-0.05, 0) is 68.4 Å². The van der Waals surface area contributed by atoms with Crippen molar-refractivity contribution in [3.63, 3.8) is 0 Å². The Morgan fingerprint density at radius 3 is 2.30 bits per heavy atom. The zero-order valence-electron chi connectivity index (χ0n) is 14.9. The molecule has 1 heterocycles. The molecule has 0 fully saturated rings. The molecule has 2 aromatic carbocycles.